The zero-order chi connectivity index (χ0) is 37.5. The molecule has 1 fully saturated rings. The molecule has 0 amide bonds. The third-order valence-corrected chi connectivity index (χ3v) is 9.36. The van der Waals surface area contributed by atoms with Gasteiger partial charge in [0.1, 0.15) is 24.9 Å². The summed E-state index contributed by atoms with van der Waals surface area (Å²) in [6.45, 7) is 3.76. The first kappa shape index (κ1) is 47.0. The van der Waals surface area contributed by atoms with Crippen molar-refractivity contribution in [2.75, 3.05) is 13.2 Å². The molecular formula is C40H72O11. The summed E-state index contributed by atoms with van der Waals surface area (Å²) in [5.74, 6) is -2.45. The summed E-state index contributed by atoms with van der Waals surface area (Å²) in [6, 6.07) is 0. The predicted octanol–water partition coefficient (Wildman–Crippen LogP) is 7.70. The number of allylic oxidation sites excluding steroid dienone is 2. The topological polar surface area (TPSA) is 169 Å². The van der Waals surface area contributed by atoms with Crippen LogP contribution in [0.25, 0.3) is 0 Å². The second kappa shape index (κ2) is 31.5. The minimum atomic E-state index is -1.86. The summed E-state index contributed by atoms with van der Waals surface area (Å²) in [4.78, 5) is 36.6. The molecule has 51 heavy (non-hydrogen) atoms. The molecule has 1 saturated heterocycles. The second-order valence-electron chi connectivity index (χ2n) is 14.1. The van der Waals surface area contributed by atoms with Crippen molar-refractivity contribution >= 4 is 17.9 Å². The first-order valence-corrected chi connectivity index (χ1v) is 20.2. The lowest BCUT2D eigenvalue weighted by molar-refractivity contribution is -0.298. The molecule has 0 aromatic rings. The van der Waals surface area contributed by atoms with Crippen LogP contribution >= 0.6 is 0 Å². The van der Waals surface area contributed by atoms with Gasteiger partial charge in [-0.15, -0.1) is 0 Å². The van der Waals surface area contributed by atoms with E-state index in [0.29, 0.717) is 12.8 Å². The first-order valence-electron chi connectivity index (χ1n) is 20.2. The fourth-order valence-corrected chi connectivity index (χ4v) is 6.11. The molecule has 0 spiro atoms. The molecule has 0 aromatic carbocycles. The molecule has 6 unspecified atom stereocenters. The van der Waals surface area contributed by atoms with Crippen LogP contribution in [0.3, 0.4) is 0 Å². The van der Waals surface area contributed by atoms with Crippen molar-refractivity contribution in [2.45, 2.75) is 211 Å². The maximum atomic E-state index is 12.6. The molecule has 0 radical (unpaired) electrons. The van der Waals surface area contributed by atoms with Gasteiger partial charge in [-0.1, -0.05) is 135 Å². The van der Waals surface area contributed by atoms with Gasteiger partial charge in [-0.3, -0.25) is 9.59 Å². The molecule has 11 nitrogen and oxygen atoms in total. The van der Waals surface area contributed by atoms with Gasteiger partial charge in [0, 0.05) is 12.8 Å². The van der Waals surface area contributed by atoms with Crippen LogP contribution in [0.5, 0.6) is 0 Å². The Bertz CT molecular complexity index is 911. The average Bonchev–Trinajstić information content (AvgIpc) is 3.11. The molecule has 0 aromatic heterocycles. The van der Waals surface area contributed by atoms with Crippen LogP contribution in [0, 0.1) is 0 Å². The van der Waals surface area contributed by atoms with E-state index in [-0.39, 0.29) is 26.1 Å². The van der Waals surface area contributed by atoms with Crippen molar-refractivity contribution in [3.05, 3.63) is 12.2 Å². The lowest BCUT2D eigenvalue weighted by atomic mass is 9.99. The van der Waals surface area contributed by atoms with Crippen molar-refractivity contribution in [1.29, 1.82) is 0 Å². The number of esters is 2. The average molecular weight is 729 g/mol. The van der Waals surface area contributed by atoms with E-state index in [0.717, 1.165) is 57.8 Å². The van der Waals surface area contributed by atoms with Gasteiger partial charge in [0.15, 0.2) is 18.5 Å². The summed E-state index contributed by atoms with van der Waals surface area (Å²) >= 11 is 0. The predicted molar refractivity (Wildman–Crippen MR) is 197 cm³/mol. The first-order chi connectivity index (χ1) is 24.7. The molecule has 0 saturated carbocycles. The number of carboxylic acid groups (broad SMARTS) is 1. The molecule has 6 atom stereocenters. The van der Waals surface area contributed by atoms with Crippen LogP contribution < -0.4 is 0 Å². The Balaban J connectivity index is 2.39. The number of carbonyl (C=O) groups is 3. The number of carboxylic acids is 1. The monoisotopic (exact) mass is 729 g/mol. The Morgan fingerprint density at radius 3 is 1.53 bits per heavy atom. The maximum absolute atomic E-state index is 12.6. The lowest BCUT2D eigenvalue weighted by Crippen LogP contribution is -2.60. The van der Waals surface area contributed by atoms with Crippen LogP contribution in [0.4, 0.5) is 0 Å². The van der Waals surface area contributed by atoms with Gasteiger partial charge in [0.05, 0.1) is 6.61 Å². The molecule has 0 bridgehead atoms. The van der Waals surface area contributed by atoms with Gasteiger partial charge < -0.3 is 39.4 Å². The Labute approximate surface area is 307 Å². The SMILES string of the molecule is CCCCCCCCC/C=C\CCCCCCCC(=O)OCC(COC1OC(C(=O)O)C(O)C(O)C1O)OC(=O)CCCCCCCCCCC. The van der Waals surface area contributed by atoms with Gasteiger partial charge in [-0.2, -0.15) is 0 Å². The smallest absolute Gasteiger partial charge is 0.335 e. The van der Waals surface area contributed by atoms with Gasteiger partial charge in [-0.25, -0.2) is 4.79 Å². The number of hydrogen-bond donors (Lipinski definition) is 4. The molecule has 0 aliphatic carbocycles. The van der Waals surface area contributed by atoms with E-state index < -0.39 is 54.7 Å². The van der Waals surface area contributed by atoms with E-state index in [1.165, 1.54) is 77.0 Å². The minimum Gasteiger partial charge on any atom is -0.479 e. The third-order valence-electron chi connectivity index (χ3n) is 9.36. The molecular weight excluding hydrogens is 656 g/mol. The number of aliphatic carboxylic acids is 1. The highest BCUT2D eigenvalue weighted by atomic mass is 16.7. The number of aliphatic hydroxyl groups excluding tert-OH is 3. The Morgan fingerprint density at radius 1 is 0.588 bits per heavy atom. The number of ether oxygens (including phenoxy) is 4. The van der Waals surface area contributed by atoms with Crippen molar-refractivity contribution < 1.29 is 53.8 Å². The molecule has 11 heteroatoms. The summed E-state index contributed by atoms with van der Waals surface area (Å²) in [5.41, 5.74) is 0. The van der Waals surface area contributed by atoms with Gasteiger partial charge in [0.2, 0.25) is 0 Å². The fourth-order valence-electron chi connectivity index (χ4n) is 6.11. The zero-order valence-electron chi connectivity index (χ0n) is 31.9. The summed E-state index contributed by atoms with van der Waals surface area (Å²) in [5, 5.41) is 39.6. The number of unbranched alkanes of at least 4 members (excludes halogenated alkanes) is 20. The highest BCUT2D eigenvalue weighted by Crippen LogP contribution is 2.23. The number of carbonyl (C=O) groups excluding carboxylic acids is 2. The largest absolute Gasteiger partial charge is 0.479 e. The number of hydrogen-bond acceptors (Lipinski definition) is 10. The van der Waals surface area contributed by atoms with E-state index in [1.54, 1.807) is 0 Å². The van der Waals surface area contributed by atoms with E-state index in [2.05, 4.69) is 26.0 Å². The standard InChI is InChI=1S/C40H72O11/c1-3-5-7-9-11-13-14-15-16-17-18-19-21-22-24-26-28-33(41)48-30-32(50-34(42)29-27-25-23-20-12-10-8-6-4-2)31-49-40-37(45)35(43)36(44)38(51-40)39(46)47/h16-17,32,35-38,40,43-45H,3-15,18-31H2,1-2H3,(H,46,47)/b17-16-. The van der Waals surface area contributed by atoms with Crippen molar-refractivity contribution in [2.24, 2.45) is 0 Å². The van der Waals surface area contributed by atoms with Crippen molar-refractivity contribution in [1.82, 2.24) is 0 Å². The quantitative estimate of drug-likeness (QED) is 0.0297. The van der Waals surface area contributed by atoms with Gasteiger partial charge >= 0.3 is 17.9 Å². The zero-order valence-corrected chi connectivity index (χ0v) is 31.9. The molecule has 1 rings (SSSR count). The van der Waals surface area contributed by atoms with Crippen LogP contribution in [0.1, 0.15) is 174 Å². The number of aliphatic hydroxyl groups is 3. The number of rotatable bonds is 33. The Hall–Kier alpha value is -2.05. The summed E-state index contributed by atoms with van der Waals surface area (Å²) < 4.78 is 21.6. The van der Waals surface area contributed by atoms with E-state index in [1.807, 2.05) is 0 Å². The van der Waals surface area contributed by atoms with Gasteiger partial charge in [-0.05, 0) is 38.5 Å². The van der Waals surface area contributed by atoms with Crippen LogP contribution in [-0.4, -0.2) is 88.4 Å². The summed E-state index contributed by atoms with van der Waals surface area (Å²) in [7, 11) is 0. The van der Waals surface area contributed by atoms with Crippen molar-refractivity contribution in [3.63, 3.8) is 0 Å². The normalized spacial score (nSPS) is 21.2. The lowest BCUT2D eigenvalue weighted by Gasteiger charge is -2.38. The van der Waals surface area contributed by atoms with E-state index >= 15 is 0 Å². The molecule has 298 valence electrons. The highest BCUT2D eigenvalue weighted by Gasteiger charge is 2.47. The second-order valence-corrected chi connectivity index (χ2v) is 14.1. The Kier molecular flexibility index (Phi) is 29.0. The summed E-state index contributed by atoms with van der Waals surface area (Å²) in [6.07, 6.45) is 21.4. The fraction of sp³-hybridized carbons (Fsp3) is 0.875. The van der Waals surface area contributed by atoms with Crippen molar-refractivity contribution in [3.8, 4) is 0 Å². The maximum Gasteiger partial charge on any atom is 0.335 e. The van der Waals surface area contributed by atoms with Crippen LogP contribution in [0.15, 0.2) is 12.2 Å². The molecule has 1 aliphatic heterocycles. The van der Waals surface area contributed by atoms with Crippen LogP contribution in [-0.2, 0) is 33.3 Å². The third kappa shape index (κ3) is 24.0. The Morgan fingerprint density at radius 2 is 1.04 bits per heavy atom. The van der Waals surface area contributed by atoms with Gasteiger partial charge in [0.25, 0.3) is 0 Å². The molecule has 1 heterocycles. The molecule has 4 N–H and O–H groups in total. The minimum absolute atomic E-state index is 0.184. The molecule has 1 aliphatic rings. The van der Waals surface area contributed by atoms with Crippen LogP contribution in [0.2, 0.25) is 0 Å². The van der Waals surface area contributed by atoms with E-state index in [4.69, 9.17) is 18.9 Å². The van der Waals surface area contributed by atoms with E-state index in [9.17, 15) is 34.8 Å². The highest BCUT2D eigenvalue weighted by molar-refractivity contribution is 5.73.